The second kappa shape index (κ2) is 5.90. The van der Waals surface area contributed by atoms with Crippen molar-refractivity contribution in [3.63, 3.8) is 0 Å². The van der Waals surface area contributed by atoms with Crippen LogP contribution < -0.4 is 4.90 Å². The molecule has 100 valence electrons. The molecule has 1 unspecified atom stereocenters. The van der Waals surface area contributed by atoms with Crippen LogP contribution in [-0.4, -0.2) is 42.5 Å². The summed E-state index contributed by atoms with van der Waals surface area (Å²) in [5.41, 5.74) is -0.0768. The molecule has 2 heterocycles. The van der Waals surface area contributed by atoms with Crippen molar-refractivity contribution in [3.8, 4) is 0 Å². The van der Waals surface area contributed by atoms with Gasteiger partial charge in [-0.25, -0.2) is 13.8 Å². The van der Waals surface area contributed by atoms with Crippen LogP contribution in [0.3, 0.4) is 0 Å². The van der Waals surface area contributed by atoms with Crippen LogP contribution in [0, 0.1) is 0 Å². The number of ether oxygens (including phenoxy) is 1. The lowest BCUT2D eigenvalue weighted by molar-refractivity contribution is 0.00330. The van der Waals surface area contributed by atoms with Gasteiger partial charge in [-0.05, 0) is 22.0 Å². The zero-order chi connectivity index (χ0) is 13.1. The molecule has 0 spiro atoms. The highest BCUT2D eigenvalue weighted by molar-refractivity contribution is 9.10. The maximum absolute atomic E-state index is 12.8. The van der Waals surface area contributed by atoms with Gasteiger partial charge in [-0.3, -0.25) is 0 Å². The molecule has 0 amide bonds. The number of aliphatic hydroxyl groups excluding tert-OH is 1. The smallest absolute Gasteiger partial charge is 0.265 e. The molecule has 0 aliphatic carbocycles. The molecule has 0 saturated carbocycles. The molecule has 0 bridgehead atoms. The highest BCUT2D eigenvalue weighted by atomic mass is 79.9. The summed E-state index contributed by atoms with van der Waals surface area (Å²) < 4.78 is 31.2. The van der Waals surface area contributed by atoms with Crippen molar-refractivity contribution in [2.75, 3.05) is 31.2 Å². The van der Waals surface area contributed by atoms with E-state index in [1.54, 1.807) is 0 Å². The van der Waals surface area contributed by atoms with E-state index in [4.69, 9.17) is 9.84 Å². The number of pyridine rings is 1. The van der Waals surface area contributed by atoms with E-state index >= 15 is 0 Å². The molecule has 1 N–H and O–H groups in total. The van der Waals surface area contributed by atoms with E-state index in [-0.39, 0.29) is 18.3 Å². The Morgan fingerprint density at radius 3 is 3.06 bits per heavy atom. The molecule has 1 aromatic rings. The summed E-state index contributed by atoms with van der Waals surface area (Å²) in [7, 11) is 0. The van der Waals surface area contributed by atoms with Gasteiger partial charge in [-0.2, -0.15) is 0 Å². The van der Waals surface area contributed by atoms with Gasteiger partial charge in [-0.1, -0.05) is 0 Å². The molecular weight excluding hydrogens is 310 g/mol. The van der Waals surface area contributed by atoms with Gasteiger partial charge < -0.3 is 14.7 Å². The Balaban J connectivity index is 2.25. The number of morpholine rings is 1. The third-order valence-corrected chi connectivity index (χ3v) is 3.59. The summed E-state index contributed by atoms with van der Waals surface area (Å²) in [6.45, 7) is 1.35. The molecule has 1 aliphatic rings. The monoisotopic (exact) mass is 322 g/mol. The van der Waals surface area contributed by atoms with E-state index in [9.17, 15) is 8.78 Å². The number of hydrogen-bond donors (Lipinski definition) is 1. The van der Waals surface area contributed by atoms with E-state index in [1.165, 1.54) is 12.3 Å². The molecule has 2 rings (SSSR count). The predicted octanol–water partition coefficient (Wildman–Crippen LogP) is 1.98. The lowest BCUT2D eigenvalue weighted by Crippen LogP contribution is -2.44. The van der Waals surface area contributed by atoms with E-state index in [0.29, 0.717) is 30.0 Å². The minimum absolute atomic E-state index is 0.0768. The van der Waals surface area contributed by atoms with Crippen molar-refractivity contribution >= 4 is 21.7 Å². The fourth-order valence-electron chi connectivity index (χ4n) is 1.86. The van der Waals surface area contributed by atoms with Gasteiger partial charge in [0.2, 0.25) is 0 Å². The molecule has 1 aromatic heterocycles. The summed E-state index contributed by atoms with van der Waals surface area (Å²) >= 11 is 3.17. The highest BCUT2D eigenvalue weighted by Crippen LogP contribution is 2.33. The zero-order valence-corrected chi connectivity index (χ0v) is 11.1. The van der Waals surface area contributed by atoms with Crippen LogP contribution in [0.15, 0.2) is 16.7 Å². The summed E-state index contributed by atoms with van der Waals surface area (Å²) in [6, 6.07) is 1.29. The Morgan fingerprint density at radius 2 is 2.39 bits per heavy atom. The second-order valence-electron chi connectivity index (χ2n) is 3.96. The average Bonchev–Trinajstić information content (AvgIpc) is 2.38. The summed E-state index contributed by atoms with van der Waals surface area (Å²) in [6.07, 6.45) is -1.48. The maximum atomic E-state index is 12.8. The minimum Gasteiger partial charge on any atom is -0.394 e. The average molecular weight is 323 g/mol. The maximum Gasteiger partial charge on any atom is 0.265 e. The lowest BCUT2D eigenvalue weighted by Gasteiger charge is -2.33. The Morgan fingerprint density at radius 1 is 1.61 bits per heavy atom. The van der Waals surface area contributed by atoms with E-state index in [2.05, 4.69) is 20.9 Å². The van der Waals surface area contributed by atoms with Gasteiger partial charge in [0, 0.05) is 24.8 Å². The highest BCUT2D eigenvalue weighted by Gasteiger charge is 2.24. The number of aromatic nitrogens is 1. The first kappa shape index (κ1) is 13.6. The van der Waals surface area contributed by atoms with Gasteiger partial charge >= 0.3 is 0 Å². The van der Waals surface area contributed by atoms with Crippen molar-refractivity contribution in [2.24, 2.45) is 0 Å². The van der Waals surface area contributed by atoms with Gasteiger partial charge in [0.15, 0.2) is 0 Å². The van der Waals surface area contributed by atoms with Crippen molar-refractivity contribution in [3.05, 3.63) is 22.3 Å². The number of aliphatic hydroxyl groups is 1. The molecular formula is C11H13BrF2N2O2. The van der Waals surface area contributed by atoms with E-state index in [1.807, 2.05) is 4.90 Å². The number of nitrogens with zero attached hydrogens (tertiary/aromatic N) is 2. The molecule has 1 fully saturated rings. The minimum atomic E-state index is -2.55. The molecule has 7 heteroatoms. The fraction of sp³-hybridized carbons (Fsp3) is 0.545. The normalized spacial score (nSPS) is 20.5. The van der Waals surface area contributed by atoms with Crippen LogP contribution in [0.2, 0.25) is 0 Å². The lowest BCUT2D eigenvalue weighted by atomic mass is 10.2. The number of anilines is 1. The quantitative estimate of drug-likeness (QED) is 0.924. The van der Waals surface area contributed by atoms with Crippen LogP contribution in [-0.2, 0) is 4.74 Å². The molecule has 4 nitrogen and oxygen atoms in total. The van der Waals surface area contributed by atoms with E-state index in [0.717, 1.165) is 0 Å². The SMILES string of the molecule is OCC1CN(c2nccc(C(F)F)c2Br)CCO1. The number of hydrogen-bond acceptors (Lipinski definition) is 4. The van der Waals surface area contributed by atoms with Gasteiger partial charge in [0.25, 0.3) is 6.43 Å². The first-order chi connectivity index (χ1) is 8.63. The largest absolute Gasteiger partial charge is 0.394 e. The first-order valence-corrected chi connectivity index (χ1v) is 6.32. The Kier molecular flexibility index (Phi) is 4.47. The van der Waals surface area contributed by atoms with Crippen LogP contribution in [0.25, 0.3) is 0 Å². The van der Waals surface area contributed by atoms with Gasteiger partial charge in [0.05, 0.1) is 23.8 Å². The first-order valence-electron chi connectivity index (χ1n) is 5.53. The summed E-state index contributed by atoms with van der Waals surface area (Å²) in [5, 5.41) is 9.06. The van der Waals surface area contributed by atoms with Crippen molar-refractivity contribution in [1.29, 1.82) is 0 Å². The number of alkyl halides is 2. The molecule has 1 saturated heterocycles. The van der Waals surface area contributed by atoms with Crippen molar-refractivity contribution < 1.29 is 18.6 Å². The molecule has 1 atom stereocenters. The van der Waals surface area contributed by atoms with Gasteiger partial charge in [-0.15, -0.1) is 0 Å². The van der Waals surface area contributed by atoms with Crippen LogP contribution >= 0.6 is 15.9 Å². The standard InChI is InChI=1S/C11H13BrF2N2O2/c12-9-8(10(13)14)1-2-15-11(9)16-3-4-18-7(5-16)6-17/h1-2,7,10,17H,3-6H2. The van der Waals surface area contributed by atoms with Crippen LogP contribution in [0.4, 0.5) is 14.6 Å². The molecule has 18 heavy (non-hydrogen) atoms. The Hall–Kier alpha value is -0.790. The van der Waals surface area contributed by atoms with Gasteiger partial charge in [0.1, 0.15) is 5.82 Å². The zero-order valence-electron chi connectivity index (χ0n) is 9.52. The Bertz CT molecular complexity index is 420. The van der Waals surface area contributed by atoms with Crippen LogP contribution in [0.5, 0.6) is 0 Å². The predicted molar refractivity (Wildman–Crippen MR) is 65.9 cm³/mol. The third kappa shape index (κ3) is 2.78. The van der Waals surface area contributed by atoms with Crippen LogP contribution in [0.1, 0.15) is 12.0 Å². The summed E-state index contributed by atoms with van der Waals surface area (Å²) in [5.74, 6) is 0.467. The molecule has 0 aromatic carbocycles. The number of rotatable bonds is 3. The van der Waals surface area contributed by atoms with Crippen molar-refractivity contribution in [2.45, 2.75) is 12.5 Å². The fourth-order valence-corrected chi connectivity index (χ4v) is 2.52. The molecule has 1 aliphatic heterocycles. The second-order valence-corrected chi connectivity index (χ2v) is 4.75. The third-order valence-electron chi connectivity index (χ3n) is 2.78. The topological polar surface area (TPSA) is 45.6 Å². The summed E-state index contributed by atoms with van der Waals surface area (Å²) in [4.78, 5) is 5.96. The molecule has 0 radical (unpaired) electrons. The number of halogens is 3. The van der Waals surface area contributed by atoms with Crippen molar-refractivity contribution in [1.82, 2.24) is 4.98 Å². The Labute approximate surface area is 112 Å². The van der Waals surface area contributed by atoms with E-state index < -0.39 is 6.43 Å².